The minimum Gasteiger partial charge on any atom is -0.449 e. The van der Waals surface area contributed by atoms with Crippen molar-refractivity contribution in [3.8, 4) is 5.75 Å². The number of ether oxygens (including phenoxy) is 1. The van der Waals surface area contributed by atoms with E-state index in [2.05, 4.69) is 26.6 Å². The number of hydrogen-bond donors (Lipinski definition) is 1. The Morgan fingerprint density at radius 3 is 2.64 bits per heavy atom. The quantitative estimate of drug-likeness (QED) is 0.845. The van der Waals surface area contributed by atoms with Gasteiger partial charge in [0.2, 0.25) is 5.43 Å². The van der Waals surface area contributed by atoms with Crippen molar-refractivity contribution >= 4 is 22.9 Å². The van der Waals surface area contributed by atoms with Crippen LogP contribution in [0.3, 0.4) is 0 Å². The third-order valence-electron chi connectivity index (χ3n) is 4.84. The molecule has 2 aliphatic rings. The minimum absolute atomic E-state index is 0.166. The molecule has 1 aliphatic heterocycles. The van der Waals surface area contributed by atoms with E-state index in [0.717, 1.165) is 50.4 Å². The summed E-state index contributed by atoms with van der Waals surface area (Å²) in [5.41, 5.74) is 0.348. The third kappa shape index (κ3) is 3.05. The Labute approximate surface area is 144 Å². The van der Waals surface area contributed by atoms with E-state index in [1.165, 1.54) is 6.20 Å². The maximum atomic E-state index is 12.5. The summed E-state index contributed by atoms with van der Waals surface area (Å²) in [7, 11) is 2.10. The molecule has 2 fully saturated rings. The molecule has 1 saturated carbocycles. The lowest BCUT2D eigenvalue weighted by Crippen LogP contribution is -2.44. The molecule has 0 aromatic carbocycles. The average Bonchev–Trinajstić information content (AvgIpc) is 3.42. The zero-order chi connectivity index (χ0) is 17.6. The van der Waals surface area contributed by atoms with Gasteiger partial charge in [-0.05, 0) is 19.9 Å². The Morgan fingerprint density at radius 1 is 1.28 bits per heavy atom. The van der Waals surface area contributed by atoms with Gasteiger partial charge in [-0.15, -0.1) is 0 Å². The van der Waals surface area contributed by atoms with Crippen LogP contribution < -0.4 is 15.1 Å². The molecule has 25 heavy (non-hydrogen) atoms. The lowest BCUT2D eigenvalue weighted by Gasteiger charge is -2.33. The van der Waals surface area contributed by atoms with Gasteiger partial charge in [-0.3, -0.25) is 4.79 Å². The molecule has 2 aromatic rings. The van der Waals surface area contributed by atoms with Crippen LogP contribution in [0, 0.1) is 0 Å². The SMILES string of the molecule is CN1CCN(c2cc3c(cn2)c(=O)c(OC(=O)O)cn3C2CC2)CC1. The highest BCUT2D eigenvalue weighted by atomic mass is 16.7. The van der Waals surface area contributed by atoms with Gasteiger partial charge in [0.1, 0.15) is 5.82 Å². The van der Waals surface area contributed by atoms with Gasteiger partial charge >= 0.3 is 6.16 Å². The molecule has 0 atom stereocenters. The molecule has 8 nitrogen and oxygen atoms in total. The zero-order valence-corrected chi connectivity index (χ0v) is 14.0. The summed E-state index contributed by atoms with van der Waals surface area (Å²) >= 11 is 0. The number of hydrogen-bond acceptors (Lipinski definition) is 6. The summed E-state index contributed by atoms with van der Waals surface area (Å²) < 4.78 is 6.62. The zero-order valence-electron chi connectivity index (χ0n) is 14.0. The predicted molar refractivity (Wildman–Crippen MR) is 92.6 cm³/mol. The van der Waals surface area contributed by atoms with Crippen LogP contribution in [-0.2, 0) is 0 Å². The molecular formula is C17H20N4O4. The normalized spacial score (nSPS) is 18.5. The van der Waals surface area contributed by atoms with E-state index < -0.39 is 11.6 Å². The molecule has 1 N–H and O–H groups in total. The van der Waals surface area contributed by atoms with Crippen LogP contribution in [0.5, 0.6) is 5.75 Å². The second kappa shape index (κ2) is 6.03. The first-order valence-electron chi connectivity index (χ1n) is 8.42. The lowest BCUT2D eigenvalue weighted by atomic mass is 10.2. The van der Waals surface area contributed by atoms with E-state index in [-0.39, 0.29) is 11.8 Å². The highest BCUT2D eigenvalue weighted by Crippen LogP contribution is 2.38. The van der Waals surface area contributed by atoms with Crippen LogP contribution in [0.25, 0.3) is 10.9 Å². The van der Waals surface area contributed by atoms with E-state index in [9.17, 15) is 9.59 Å². The molecule has 4 rings (SSSR count). The van der Waals surface area contributed by atoms with Gasteiger partial charge in [0.05, 0.1) is 17.1 Å². The first kappa shape index (κ1) is 15.9. The van der Waals surface area contributed by atoms with E-state index in [4.69, 9.17) is 5.11 Å². The fraction of sp³-hybridized carbons (Fsp3) is 0.471. The van der Waals surface area contributed by atoms with Crippen molar-refractivity contribution < 1.29 is 14.6 Å². The fourth-order valence-corrected chi connectivity index (χ4v) is 3.24. The largest absolute Gasteiger partial charge is 0.511 e. The third-order valence-corrected chi connectivity index (χ3v) is 4.84. The number of anilines is 1. The predicted octanol–water partition coefficient (Wildman–Crippen LogP) is 1.54. The second-order valence-electron chi connectivity index (χ2n) is 6.68. The smallest absolute Gasteiger partial charge is 0.449 e. The van der Waals surface area contributed by atoms with Crippen LogP contribution in [0.2, 0.25) is 0 Å². The molecule has 2 aromatic heterocycles. The highest BCUT2D eigenvalue weighted by molar-refractivity contribution is 5.82. The van der Waals surface area contributed by atoms with Gasteiger partial charge < -0.3 is 24.2 Å². The van der Waals surface area contributed by atoms with Crippen molar-refractivity contribution in [2.75, 3.05) is 38.1 Å². The van der Waals surface area contributed by atoms with Crippen LogP contribution in [0.15, 0.2) is 23.3 Å². The Balaban J connectivity index is 1.80. The maximum absolute atomic E-state index is 12.5. The van der Waals surface area contributed by atoms with E-state index in [1.807, 2.05) is 10.6 Å². The summed E-state index contributed by atoms with van der Waals surface area (Å²) in [4.78, 5) is 32.3. The molecule has 0 radical (unpaired) electrons. The number of pyridine rings is 2. The Bertz CT molecular complexity index is 882. The summed E-state index contributed by atoms with van der Waals surface area (Å²) in [5.74, 6) is 0.683. The Kier molecular flexibility index (Phi) is 3.84. The summed E-state index contributed by atoms with van der Waals surface area (Å²) in [6.07, 6.45) is 3.59. The van der Waals surface area contributed by atoms with Gasteiger partial charge in [-0.1, -0.05) is 0 Å². The van der Waals surface area contributed by atoms with Crippen molar-refractivity contribution in [1.29, 1.82) is 0 Å². The molecule has 0 unspecified atom stereocenters. The standard InChI is InChI=1S/C17H20N4O4/c1-19-4-6-20(7-5-19)15-8-13-12(9-18-15)16(22)14(25-17(23)24)10-21(13)11-2-3-11/h8-11H,2-7H2,1H3,(H,23,24). The van der Waals surface area contributed by atoms with Crippen LogP contribution in [0.1, 0.15) is 18.9 Å². The van der Waals surface area contributed by atoms with Crippen molar-refractivity contribution in [3.63, 3.8) is 0 Å². The second-order valence-corrected chi connectivity index (χ2v) is 6.68. The lowest BCUT2D eigenvalue weighted by molar-refractivity contribution is 0.143. The van der Waals surface area contributed by atoms with E-state index in [0.29, 0.717) is 5.39 Å². The average molecular weight is 344 g/mol. The van der Waals surface area contributed by atoms with E-state index >= 15 is 0 Å². The maximum Gasteiger partial charge on any atom is 0.511 e. The van der Waals surface area contributed by atoms with E-state index in [1.54, 1.807) is 6.20 Å². The number of aromatic nitrogens is 2. The molecule has 8 heteroatoms. The first-order valence-corrected chi connectivity index (χ1v) is 8.42. The molecule has 0 spiro atoms. The number of likely N-dealkylation sites (N-methyl/N-ethyl adjacent to an activating group) is 1. The molecule has 132 valence electrons. The van der Waals surface area contributed by atoms with Crippen molar-refractivity contribution in [2.24, 2.45) is 0 Å². The molecular weight excluding hydrogens is 324 g/mol. The van der Waals surface area contributed by atoms with Gasteiger partial charge in [0.25, 0.3) is 0 Å². The molecule has 0 amide bonds. The highest BCUT2D eigenvalue weighted by Gasteiger charge is 2.27. The van der Waals surface area contributed by atoms with Crippen molar-refractivity contribution in [3.05, 3.63) is 28.7 Å². The van der Waals surface area contributed by atoms with Crippen LogP contribution >= 0.6 is 0 Å². The van der Waals surface area contributed by atoms with Gasteiger partial charge in [-0.2, -0.15) is 0 Å². The fourth-order valence-electron chi connectivity index (χ4n) is 3.24. The molecule has 1 saturated heterocycles. The molecule has 3 heterocycles. The Morgan fingerprint density at radius 2 is 2.00 bits per heavy atom. The number of carbonyl (C=O) groups is 1. The Hall–Kier alpha value is -2.61. The first-order chi connectivity index (χ1) is 12.0. The van der Waals surface area contributed by atoms with Gasteiger partial charge in [-0.25, -0.2) is 9.78 Å². The number of fused-ring (bicyclic) bond motifs is 1. The summed E-state index contributed by atoms with van der Waals surface area (Å²) in [5, 5.41) is 9.24. The van der Waals surface area contributed by atoms with Crippen LogP contribution in [0.4, 0.5) is 10.6 Å². The molecule has 1 aliphatic carbocycles. The van der Waals surface area contributed by atoms with Crippen molar-refractivity contribution in [1.82, 2.24) is 14.5 Å². The van der Waals surface area contributed by atoms with Gasteiger partial charge in [0, 0.05) is 44.5 Å². The van der Waals surface area contributed by atoms with Crippen LogP contribution in [-0.4, -0.2) is 58.9 Å². The minimum atomic E-state index is -1.49. The molecule has 0 bridgehead atoms. The van der Waals surface area contributed by atoms with Gasteiger partial charge in [0.15, 0.2) is 5.75 Å². The summed E-state index contributed by atoms with van der Waals surface area (Å²) in [6.45, 7) is 3.73. The monoisotopic (exact) mass is 344 g/mol. The van der Waals surface area contributed by atoms with Crippen molar-refractivity contribution in [2.45, 2.75) is 18.9 Å². The number of rotatable bonds is 3. The summed E-state index contributed by atoms with van der Waals surface area (Å²) in [6, 6.07) is 2.22. The number of piperazine rings is 1. The number of carboxylic acid groups (broad SMARTS) is 1. The number of nitrogens with zero attached hydrogens (tertiary/aromatic N) is 4. The topological polar surface area (TPSA) is 87.9 Å².